The molecule has 98 valence electrons. The smallest absolute Gasteiger partial charge is 0.170 e. The van der Waals surface area contributed by atoms with Crippen LogP contribution in [-0.2, 0) is 6.54 Å². The van der Waals surface area contributed by atoms with Crippen LogP contribution >= 0.6 is 0 Å². The molecule has 1 aliphatic heterocycles. The molecule has 1 aliphatic rings. The summed E-state index contributed by atoms with van der Waals surface area (Å²) in [5, 5.41) is 0. The van der Waals surface area contributed by atoms with Gasteiger partial charge in [0.1, 0.15) is 18.1 Å². The van der Waals surface area contributed by atoms with Gasteiger partial charge in [0.05, 0.1) is 18.7 Å². The normalized spacial score (nSPS) is 13.8. The topological polar surface area (TPSA) is 40.5 Å². The molecule has 4 nitrogen and oxygen atoms in total. The maximum absolute atomic E-state index is 11.8. The highest BCUT2D eigenvalue weighted by molar-refractivity contribution is 5.99. The number of rotatable bonds is 4. The maximum Gasteiger partial charge on any atom is 0.170 e. The largest absolute Gasteiger partial charge is 0.492 e. The number of ether oxygens (including phenoxy) is 2. The van der Waals surface area contributed by atoms with Crippen LogP contribution in [0.1, 0.15) is 16.8 Å². The van der Waals surface area contributed by atoms with Gasteiger partial charge in [-0.3, -0.25) is 4.79 Å². The number of nitrogens with zero attached hydrogens (tertiary/aromatic N) is 1. The number of Topliss-reactive ketones (excluding diaryl/α,β-unsaturated/α-hetero) is 1. The maximum atomic E-state index is 11.8. The Labute approximate surface area is 111 Å². The van der Waals surface area contributed by atoms with Gasteiger partial charge in [0.2, 0.25) is 0 Å². The van der Waals surface area contributed by atoms with E-state index in [1.165, 1.54) is 0 Å². The van der Waals surface area contributed by atoms with Gasteiger partial charge in [0.25, 0.3) is 0 Å². The molecule has 0 fully saturated rings. The van der Waals surface area contributed by atoms with E-state index in [0.29, 0.717) is 36.7 Å². The molecular weight excluding hydrogens is 242 g/mol. The van der Waals surface area contributed by atoms with Gasteiger partial charge in [-0.15, -0.1) is 0 Å². The van der Waals surface area contributed by atoms with E-state index in [0.717, 1.165) is 6.54 Å². The second-order valence-corrected chi connectivity index (χ2v) is 4.45. The van der Waals surface area contributed by atoms with Gasteiger partial charge < -0.3 is 14.0 Å². The Morgan fingerprint density at radius 1 is 1.26 bits per heavy atom. The Morgan fingerprint density at radius 3 is 2.95 bits per heavy atom. The van der Waals surface area contributed by atoms with E-state index in [1.54, 1.807) is 12.1 Å². The van der Waals surface area contributed by atoms with Crippen LogP contribution in [0, 0.1) is 0 Å². The number of ketones is 1. The number of hydrogen-bond acceptors (Lipinski definition) is 3. The van der Waals surface area contributed by atoms with Gasteiger partial charge in [-0.2, -0.15) is 0 Å². The zero-order valence-electron chi connectivity index (χ0n) is 10.5. The van der Waals surface area contributed by atoms with Crippen molar-refractivity contribution in [2.75, 3.05) is 13.2 Å². The van der Waals surface area contributed by atoms with E-state index in [4.69, 9.17) is 9.47 Å². The van der Waals surface area contributed by atoms with Crippen molar-refractivity contribution in [2.24, 2.45) is 0 Å². The standard InChI is InChI=1S/C15H15NO3/c17-14-5-9-19-15-4-3-12(11-13(14)15)18-10-8-16-6-1-2-7-16/h1-4,6-7,11H,5,8-10H2. The van der Waals surface area contributed by atoms with Crippen LogP contribution in [0.15, 0.2) is 42.7 Å². The summed E-state index contributed by atoms with van der Waals surface area (Å²) in [5.41, 5.74) is 0.629. The second-order valence-electron chi connectivity index (χ2n) is 4.45. The Bertz CT molecular complexity index is 575. The zero-order valence-corrected chi connectivity index (χ0v) is 10.5. The number of hydrogen-bond donors (Lipinski definition) is 0. The van der Waals surface area contributed by atoms with Crippen LogP contribution in [0.3, 0.4) is 0 Å². The van der Waals surface area contributed by atoms with Gasteiger partial charge >= 0.3 is 0 Å². The summed E-state index contributed by atoms with van der Waals surface area (Å²) in [6.45, 7) is 1.83. The molecular formula is C15H15NO3. The van der Waals surface area contributed by atoms with Gasteiger partial charge in [0.15, 0.2) is 5.78 Å². The molecule has 0 atom stereocenters. The Hall–Kier alpha value is -2.23. The lowest BCUT2D eigenvalue weighted by Crippen LogP contribution is -2.15. The SMILES string of the molecule is O=C1CCOc2ccc(OCCn3cccc3)cc21. The van der Waals surface area contributed by atoms with Gasteiger partial charge in [-0.25, -0.2) is 0 Å². The van der Waals surface area contributed by atoms with Gasteiger partial charge in [0, 0.05) is 18.8 Å². The summed E-state index contributed by atoms with van der Waals surface area (Å²) in [6, 6.07) is 9.38. The van der Waals surface area contributed by atoms with E-state index in [2.05, 4.69) is 0 Å². The van der Waals surface area contributed by atoms with Crippen LogP contribution in [-0.4, -0.2) is 23.6 Å². The lowest BCUT2D eigenvalue weighted by atomic mass is 10.1. The van der Waals surface area contributed by atoms with E-state index in [-0.39, 0.29) is 5.78 Å². The van der Waals surface area contributed by atoms with Crippen LogP contribution < -0.4 is 9.47 Å². The summed E-state index contributed by atoms with van der Waals surface area (Å²) < 4.78 is 13.1. The molecule has 0 saturated carbocycles. The highest BCUT2D eigenvalue weighted by atomic mass is 16.5. The number of carbonyl (C=O) groups is 1. The zero-order chi connectivity index (χ0) is 13.1. The van der Waals surface area contributed by atoms with Crippen molar-refractivity contribution in [3.05, 3.63) is 48.3 Å². The molecule has 0 unspecified atom stereocenters. The molecule has 4 heteroatoms. The van der Waals surface area contributed by atoms with E-state index in [1.807, 2.05) is 35.2 Å². The predicted octanol–water partition coefficient (Wildman–Crippen LogP) is 2.53. The molecule has 0 bridgehead atoms. The molecule has 0 radical (unpaired) electrons. The van der Waals surface area contributed by atoms with Gasteiger partial charge in [-0.05, 0) is 30.3 Å². The third-order valence-electron chi connectivity index (χ3n) is 3.12. The molecule has 19 heavy (non-hydrogen) atoms. The Kier molecular flexibility index (Phi) is 3.23. The number of benzene rings is 1. The van der Waals surface area contributed by atoms with Crippen LogP contribution in [0.2, 0.25) is 0 Å². The molecule has 0 amide bonds. The summed E-state index contributed by atoms with van der Waals surface area (Å²) >= 11 is 0. The fourth-order valence-corrected chi connectivity index (χ4v) is 2.12. The highest BCUT2D eigenvalue weighted by Crippen LogP contribution is 2.28. The van der Waals surface area contributed by atoms with E-state index in [9.17, 15) is 4.79 Å². The van der Waals surface area contributed by atoms with Crippen molar-refractivity contribution in [2.45, 2.75) is 13.0 Å². The molecule has 0 spiro atoms. The lowest BCUT2D eigenvalue weighted by Gasteiger charge is -2.17. The average molecular weight is 257 g/mol. The quantitative estimate of drug-likeness (QED) is 0.845. The molecule has 0 aliphatic carbocycles. The van der Waals surface area contributed by atoms with Crippen molar-refractivity contribution in [3.63, 3.8) is 0 Å². The summed E-state index contributed by atoms with van der Waals surface area (Å²) in [4.78, 5) is 11.8. The third kappa shape index (κ3) is 2.62. The molecule has 1 aromatic heterocycles. The monoisotopic (exact) mass is 257 g/mol. The average Bonchev–Trinajstić information content (AvgIpc) is 2.93. The van der Waals surface area contributed by atoms with Crippen LogP contribution in [0.25, 0.3) is 0 Å². The number of aromatic nitrogens is 1. The Morgan fingerprint density at radius 2 is 2.11 bits per heavy atom. The highest BCUT2D eigenvalue weighted by Gasteiger charge is 2.18. The lowest BCUT2D eigenvalue weighted by molar-refractivity contribution is 0.0932. The molecule has 2 aromatic rings. The molecule has 0 N–H and O–H groups in total. The summed E-state index contributed by atoms with van der Waals surface area (Å²) in [6.07, 6.45) is 4.43. The van der Waals surface area contributed by atoms with Crippen molar-refractivity contribution in [1.29, 1.82) is 0 Å². The molecule has 0 saturated heterocycles. The number of carbonyl (C=O) groups excluding carboxylic acids is 1. The van der Waals surface area contributed by atoms with Crippen molar-refractivity contribution in [1.82, 2.24) is 4.57 Å². The van der Waals surface area contributed by atoms with E-state index >= 15 is 0 Å². The van der Waals surface area contributed by atoms with Crippen molar-refractivity contribution < 1.29 is 14.3 Å². The first-order chi connectivity index (χ1) is 9.33. The van der Waals surface area contributed by atoms with E-state index < -0.39 is 0 Å². The van der Waals surface area contributed by atoms with Crippen molar-refractivity contribution >= 4 is 5.78 Å². The summed E-state index contributed by atoms with van der Waals surface area (Å²) in [7, 11) is 0. The fraction of sp³-hybridized carbons (Fsp3) is 0.267. The van der Waals surface area contributed by atoms with Gasteiger partial charge in [-0.1, -0.05) is 0 Å². The van der Waals surface area contributed by atoms with Crippen LogP contribution in [0.4, 0.5) is 0 Å². The minimum Gasteiger partial charge on any atom is -0.492 e. The fourth-order valence-electron chi connectivity index (χ4n) is 2.12. The minimum atomic E-state index is 0.122. The molecule has 2 heterocycles. The first-order valence-corrected chi connectivity index (χ1v) is 6.36. The first-order valence-electron chi connectivity index (χ1n) is 6.36. The second kappa shape index (κ2) is 5.18. The summed E-state index contributed by atoms with van der Waals surface area (Å²) in [5.74, 6) is 1.50. The molecule has 1 aromatic carbocycles. The Balaban J connectivity index is 1.65. The first kappa shape index (κ1) is 11.8. The van der Waals surface area contributed by atoms with Crippen molar-refractivity contribution in [3.8, 4) is 11.5 Å². The number of fused-ring (bicyclic) bond motifs is 1. The predicted molar refractivity (Wildman–Crippen MR) is 70.8 cm³/mol. The van der Waals surface area contributed by atoms with Crippen LogP contribution in [0.5, 0.6) is 11.5 Å². The minimum absolute atomic E-state index is 0.122. The third-order valence-corrected chi connectivity index (χ3v) is 3.12. The molecule has 3 rings (SSSR count).